The van der Waals surface area contributed by atoms with Crippen LogP contribution in [0.1, 0.15) is 38.8 Å². The number of nitrogens with zero attached hydrogens (tertiary/aromatic N) is 2. The number of benzene rings is 5. The molecular formula is C34H34N2O2. The maximum atomic E-state index is 8.41. The number of nitriles is 2. The molecule has 0 bridgehead atoms. The van der Waals surface area contributed by atoms with Gasteiger partial charge in [-0.05, 0) is 46.9 Å². The van der Waals surface area contributed by atoms with E-state index in [0.29, 0.717) is 11.5 Å². The lowest BCUT2D eigenvalue weighted by atomic mass is 10.1. The highest BCUT2D eigenvalue weighted by atomic mass is 16.5. The number of aryl methyl sites for hydroxylation is 2. The zero-order valence-corrected chi connectivity index (χ0v) is 22.5. The average Bonchev–Trinajstić information content (AvgIpc) is 3.00. The van der Waals surface area contributed by atoms with Gasteiger partial charge in [0.25, 0.3) is 12.5 Å². The minimum Gasteiger partial charge on any atom is -0.387 e. The lowest BCUT2D eigenvalue weighted by Gasteiger charge is -2.00. The molecule has 0 heterocycles. The van der Waals surface area contributed by atoms with Gasteiger partial charge in [-0.1, -0.05) is 125 Å². The van der Waals surface area contributed by atoms with Gasteiger partial charge < -0.3 is 9.47 Å². The number of fused-ring (bicyclic) bond motifs is 2. The molecule has 0 atom stereocenters. The van der Waals surface area contributed by atoms with Gasteiger partial charge in [-0.15, -0.1) is 10.5 Å². The van der Waals surface area contributed by atoms with Gasteiger partial charge in [-0.3, -0.25) is 0 Å². The van der Waals surface area contributed by atoms with Crippen LogP contribution in [0.15, 0.2) is 109 Å². The Bertz CT molecular complexity index is 1350. The second-order valence-electron chi connectivity index (χ2n) is 7.86. The van der Waals surface area contributed by atoms with Gasteiger partial charge in [0.05, 0.1) is 0 Å². The monoisotopic (exact) mass is 502 g/mol. The zero-order valence-electron chi connectivity index (χ0n) is 22.5. The Morgan fingerprint density at radius 1 is 0.500 bits per heavy atom. The fraction of sp³-hybridized carbons (Fsp3) is 0.176. The fourth-order valence-electron chi connectivity index (χ4n) is 3.68. The molecule has 0 saturated carbocycles. The van der Waals surface area contributed by atoms with Crippen LogP contribution >= 0.6 is 0 Å². The van der Waals surface area contributed by atoms with Crippen LogP contribution in [-0.2, 0) is 12.8 Å². The lowest BCUT2D eigenvalue weighted by molar-refractivity contribution is 0.513. The van der Waals surface area contributed by atoms with Crippen LogP contribution in [0.5, 0.6) is 11.5 Å². The molecule has 0 N–H and O–H groups in total. The maximum absolute atomic E-state index is 8.41. The molecule has 0 amide bonds. The second kappa shape index (κ2) is 16.8. The summed E-state index contributed by atoms with van der Waals surface area (Å²) >= 11 is 0. The summed E-state index contributed by atoms with van der Waals surface area (Å²) in [4.78, 5) is 0. The van der Waals surface area contributed by atoms with Gasteiger partial charge in [-0.2, -0.15) is 0 Å². The Labute approximate surface area is 226 Å². The van der Waals surface area contributed by atoms with E-state index in [1.807, 2.05) is 86.6 Å². The van der Waals surface area contributed by atoms with Gasteiger partial charge >= 0.3 is 0 Å². The van der Waals surface area contributed by atoms with Crippen LogP contribution in [0, 0.1) is 23.0 Å². The highest BCUT2D eigenvalue weighted by Gasteiger charge is 2.00. The van der Waals surface area contributed by atoms with Crippen molar-refractivity contribution in [3.63, 3.8) is 0 Å². The van der Waals surface area contributed by atoms with Crippen molar-refractivity contribution >= 4 is 21.5 Å². The molecule has 5 aromatic carbocycles. The van der Waals surface area contributed by atoms with Crippen LogP contribution in [-0.4, -0.2) is 0 Å². The molecular weight excluding hydrogens is 468 g/mol. The van der Waals surface area contributed by atoms with Crippen LogP contribution in [0.2, 0.25) is 0 Å². The smallest absolute Gasteiger partial charge is 0.292 e. The Morgan fingerprint density at radius 2 is 0.842 bits per heavy atom. The molecule has 38 heavy (non-hydrogen) atoms. The van der Waals surface area contributed by atoms with Crippen LogP contribution < -0.4 is 9.47 Å². The molecule has 0 aliphatic heterocycles. The van der Waals surface area contributed by atoms with E-state index in [4.69, 9.17) is 20.0 Å². The highest BCUT2D eigenvalue weighted by molar-refractivity contribution is 5.89. The SMILES string of the molecule is CC.CCc1ccc(CC)cc1.N#COc1cccc2ccccc12.N#COc1cccc2ccccc12. The van der Waals surface area contributed by atoms with E-state index in [-0.39, 0.29) is 0 Å². The summed E-state index contributed by atoms with van der Waals surface area (Å²) in [6, 6.07) is 35.7. The zero-order chi connectivity index (χ0) is 27.6. The third kappa shape index (κ3) is 8.70. The first-order valence-corrected chi connectivity index (χ1v) is 12.8. The minimum atomic E-state index is 0.612. The van der Waals surface area contributed by atoms with Crippen molar-refractivity contribution in [3.05, 3.63) is 120 Å². The molecule has 0 saturated heterocycles. The third-order valence-electron chi connectivity index (χ3n) is 5.65. The van der Waals surface area contributed by atoms with E-state index in [2.05, 4.69) is 38.1 Å². The van der Waals surface area contributed by atoms with Gasteiger partial charge in [0, 0.05) is 10.8 Å². The predicted octanol–water partition coefficient (Wildman–Crippen LogP) is 9.24. The normalized spacial score (nSPS) is 9.21. The van der Waals surface area contributed by atoms with Crippen molar-refractivity contribution in [1.82, 2.24) is 0 Å². The van der Waals surface area contributed by atoms with E-state index < -0.39 is 0 Å². The van der Waals surface area contributed by atoms with Crippen molar-refractivity contribution in [1.29, 1.82) is 10.5 Å². The first-order valence-electron chi connectivity index (χ1n) is 12.8. The Hall–Kier alpha value is -4.80. The van der Waals surface area contributed by atoms with Crippen molar-refractivity contribution in [2.24, 2.45) is 0 Å². The van der Waals surface area contributed by atoms with E-state index in [9.17, 15) is 0 Å². The third-order valence-corrected chi connectivity index (χ3v) is 5.65. The quantitative estimate of drug-likeness (QED) is 0.230. The Morgan fingerprint density at radius 3 is 1.18 bits per heavy atom. The first kappa shape index (κ1) is 29.4. The molecule has 0 aromatic heterocycles. The van der Waals surface area contributed by atoms with Crippen molar-refractivity contribution in [2.75, 3.05) is 0 Å². The van der Waals surface area contributed by atoms with Crippen molar-refractivity contribution in [2.45, 2.75) is 40.5 Å². The van der Waals surface area contributed by atoms with Crippen molar-refractivity contribution < 1.29 is 9.47 Å². The molecule has 0 radical (unpaired) electrons. The maximum Gasteiger partial charge on any atom is 0.292 e. The summed E-state index contributed by atoms with van der Waals surface area (Å²) in [7, 11) is 0. The molecule has 5 rings (SSSR count). The van der Waals surface area contributed by atoms with Crippen LogP contribution in [0.25, 0.3) is 21.5 Å². The number of rotatable bonds is 4. The number of hydrogen-bond donors (Lipinski definition) is 0. The van der Waals surface area contributed by atoms with Crippen LogP contribution in [0.3, 0.4) is 0 Å². The average molecular weight is 503 g/mol. The summed E-state index contributed by atoms with van der Waals surface area (Å²) < 4.78 is 9.65. The molecule has 0 unspecified atom stereocenters. The van der Waals surface area contributed by atoms with E-state index in [1.54, 1.807) is 24.6 Å². The minimum absolute atomic E-state index is 0.612. The number of ether oxygens (including phenoxy) is 2. The molecule has 0 aliphatic rings. The molecule has 0 fully saturated rings. The van der Waals surface area contributed by atoms with E-state index in [0.717, 1.165) is 34.4 Å². The largest absolute Gasteiger partial charge is 0.387 e. The van der Waals surface area contributed by atoms with Gasteiger partial charge in [-0.25, -0.2) is 0 Å². The summed E-state index contributed by atoms with van der Waals surface area (Å²) in [6.07, 6.45) is 5.64. The predicted molar refractivity (Wildman–Crippen MR) is 157 cm³/mol. The first-order chi connectivity index (χ1) is 18.7. The summed E-state index contributed by atoms with van der Waals surface area (Å²) in [5.74, 6) is 1.22. The summed E-state index contributed by atoms with van der Waals surface area (Å²) in [6.45, 7) is 8.36. The van der Waals surface area contributed by atoms with E-state index in [1.165, 1.54) is 11.1 Å². The molecule has 5 aromatic rings. The van der Waals surface area contributed by atoms with Gasteiger partial charge in [0.1, 0.15) is 11.5 Å². The molecule has 4 heteroatoms. The Kier molecular flexibility index (Phi) is 13.0. The second-order valence-corrected chi connectivity index (χ2v) is 7.86. The van der Waals surface area contributed by atoms with Crippen molar-refractivity contribution in [3.8, 4) is 24.0 Å². The van der Waals surface area contributed by atoms with Crippen LogP contribution in [0.4, 0.5) is 0 Å². The highest BCUT2D eigenvalue weighted by Crippen LogP contribution is 2.25. The summed E-state index contributed by atoms with van der Waals surface area (Å²) in [5, 5.41) is 20.9. The molecule has 0 spiro atoms. The molecule has 192 valence electrons. The summed E-state index contributed by atoms with van der Waals surface area (Å²) in [5.41, 5.74) is 2.86. The lowest BCUT2D eigenvalue weighted by Crippen LogP contribution is -1.82. The molecule has 0 aliphatic carbocycles. The molecule has 4 nitrogen and oxygen atoms in total. The standard InChI is InChI=1S/2C11H7NO.C10H14.C2H6/c2*12-8-13-11-7-3-5-9-4-1-2-6-10(9)11;1-3-9-5-7-10(4-2)8-6-9;1-2/h2*1-7H;5-8H,3-4H2,1-2H3;1-2H3. The fourth-order valence-corrected chi connectivity index (χ4v) is 3.68. The van der Waals surface area contributed by atoms with Gasteiger partial charge in [0.15, 0.2) is 0 Å². The van der Waals surface area contributed by atoms with E-state index >= 15 is 0 Å². The topological polar surface area (TPSA) is 66.0 Å². The van der Waals surface area contributed by atoms with Gasteiger partial charge in [0.2, 0.25) is 0 Å². The number of hydrogen-bond acceptors (Lipinski definition) is 4. The Balaban J connectivity index is 0.000000196.